The van der Waals surface area contributed by atoms with Gasteiger partial charge in [0, 0.05) is 17.9 Å². The molecule has 1 fully saturated rings. The fraction of sp³-hybridized carbons (Fsp3) is 0.900. The Labute approximate surface area is 79.8 Å². The molecule has 1 unspecified atom stereocenters. The number of rotatable bonds is 1. The Morgan fingerprint density at radius 3 is 2.38 bits per heavy atom. The van der Waals surface area contributed by atoms with Crippen molar-refractivity contribution >= 4 is 5.91 Å². The van der Waals surface area contributed by atoms with E-state index in [1.54, 1.807) is 7.11 Å². The van der Waals surface area contributed by atoms with E-state index in [2.05, 4.69) is 19.2 Å². The van der Waals surface area contributed by atoms with Gasteiger partial charge in [0.25, 0.3) is 0 Å². The molecule has 1 rings (SSSR count). The van der Waals surface area contributed by atoms with Crippen molar-refractivity contribution in [3.63, 3.8) is 0 Å². The van der Waals surface area contributed by atoms with E-state index in [1.165, 1.54) is 0 Å². The van der Waals surface area contributed by atoms with Gasteiger partial charge in [0.05, 0.1) is 0 Å². The van der Waals surface area contributed by atoms with Gasteiger partial charge in [-0.05, 0) is 6.42 Å². The van der Waals surface area contributed by atoms with Crippen LogP contribution in [0.5, 0.6) is 0 Å². The molecular formula is C10H19NO2. The van der Waals surface area contributed by atoms with E-state index in [0.29, 0.717) is 0 Å². The van der Waals surface area contributed by atoms with Gasteiger partial charge >= 0.3 is 0 Å². The van der Waals surface area contributed by atoms with E-state index in [4.69, 9.17) is 4.74 Å². The maximum atomic E-state index is 11.6. The van der Waals surface area contributed by atoms with E-state index >= 15 is 0 Å². The van der Waals surface area contributed by atoms with Crippen LogP contribution >= 0.6 is 0 Å². The summed E-state index contributed by atoms with van der Waals surface area (Å²) in [5, 5.41) is 2.89. The maximum absolute atomic E-state index is 11.6. The SMILES string of the molecule is COC1NC(=O)C(C)(C)CC1(C)C. The van der Waals surface area contributed by atoms with E-state index in [-0.39, 0.29) is 23.0 Å². The third kappa shape index (κ3) is 1.85. The van der Waals surface area contributed by atoms with E-state index in [9.17, 15) is 4.79 Å². The van der Waals surface area contributed by atoms with Crippen LogP contribution in [0.15, 0.2) is 0 Å². The summed E-state index contributed by atoms with van der Waals surface area (Å²) in [6.45, 7) is 8.16. The number of carbonyl (C=O) groups excluding carboxylic acids is 1. The summed E-state index contributed by atoms with van der Waals surface area (Å²) in [5.74, 6) is 0.0821. The van der Waals surface area contributed by atoms with Crippen molar-refractivity contribution in [3.05, 3.63) is 0 Å². The van der Waals surface area contributed by atoms with Gasteiger partial charge in [0.2, 0.25) is 5.91 Å². The lowest BCUT2D eigenvalue weighted by Gasteiger charge is -2.44. The lowest BCUT2D eigenvalue weighted by atomic mass is 9.70. The molecule has 0 radical (unpaired) electrons. The average Bonchev–Trinajstić information content (AvgIpc) is 1.94. The molecule has 1 atom stereocenters. The van der Waals surface area contributed by atoms with Gasteiger partial charge in [-0.2, -0.15) is 0 Å². The Kier molecular flexibility index (Phi) is 2.41. The Morgan fingerprint density at radius 2 is 1.92 bits per heavy atom. The molecule has 1 N–H and O–H groups in total. The normalized spacial score (nSPS) is 31.2. The molecule has 1 saturated heterocycles. The van der Waals surface area contributed by atoms with Crippen LogP contribution in [0.25, 0.3) is 0 Å². The van der Waals surface area contributed by atoms with Crippen molar-refractivity contribution in [1.29, 1.82) is 0 Å². The van der Waals surface area contributed by atoms with Crippen LogP contribution in [0.3, 0.4) is 0 Å². The Balaban J connectivity index is 2.85. The highest BCUT2D eigenvalue weighted by Crippen LogP contribution is 2.40. The summed E-state index contributed by atoms with van der Waals surface area (Å²) in [4.78, 5) is 11.6. The summed E-state index contributed by atoms with van der Waals surface area (Å²) in [7, 11) is 1.63. The molecule has 1 aliphatic rings. The van der Waals surface area contributed by atoms with Crippen molar-refractivity contribution in [3.8, 4) is 0 Å². The van der Waals surface area contributed by atoms with Crippen LogP contribution in [0.1, 0.15) is 34.1 Å². The first-order valence-corrected chi connectivity index (χ1v) is 4.63. The van der Waals surface area contributed by atoms with Gasteiger partial charge in [-0.25, -0.2) is 0 Å². The first kappa shape index (κ1) is 10.5. The summed E-state index contributed by atoms with van der Waals surface area (Å²) >= 11 is 0. The topological polar surface area (TPSA) is 38.3 Å². The molecule has 3 heteroatoms. The molecule has 0 aromatic rings. The van der Waals surface area contributed by atoms with Crippen molar-refractivity contribution in [2.75, 3.05) is 7.11 Å². The largest absolute Gasteiger partial charge is 0.361 e. The van der Waals surface area contributed by atoms with Gasteiger partial charge in [-0.15, -0.1) is 0 Å². The highest BCUT2D eigenvalue weighted by atomic mass is 16.5. The number of nitrogens with one attached hydrogen (secondary N) is 1. The molecule has 0 aromatic heterocycles. The minimum absolute atomic E-state index is 0.00611. The first-order chi connectivity index (χ1) is 5.79. The fourth-order valence-corrected chi connectivity index (χ4v) is 2.20. The second-order valence-electron chi connectivity index (χ2n) is 5.14. The Bertz CT molecular complexity index is 221. The van der Waals surface area contributed by atoms with E-state index in [0.717, 1.165) is 6.42 Å². The van der Waals surface area contributed by atoms with Crippen LogP contribution in [-0.4, -0.2) is 19.2 Å². The van der Waals surface area contributed by atoms with Crippen LogP contribution in [0.4, 0.5) is 0 Å². The molecule has 1 heterocycles. The minimum Gasteiger partial charge on any atom is -0.361 e. The molecule has 1 aliphatic heterocycles. The fourth-order valence-electron chi connectivity index (χ4n) is 2.20. The minimum atomic E-state index is -0.279. The third-order valence-electron chi connectivity index (χ3n) is 2.72. The molecule has 1 amide bonds. The van der Waals surface area contributed by atoms with E-state index in [1.807, 2.05) is 13.8 Å². The van der Waals surface area contributed by atoms with Crippen molar-refractivity contribution < 1.29 is 9.53 Å². The summed E-state index contributed by atoms with van der Waals surface area (Å²) in [6, 6.07) is 0. The van der Waals surface area contributed by atoms with E-state index < -0.39 is 0 Å². The Morgan fingerprint density at radius 1 is 1.38 bits per heavy atom. The lowest BCUT2D eigenvalue weighted by Crippen LogP contribution is -2.57. The number of piperidine rings is 1. The number of amides is 1. The maximum Gasteiger partial charge on any atom is 0.227 e. The molecule has 0 bridgehead atoms. The average molecular weight is 185 g/mol. The van der Waals surface area contributed by atoms with Crippen LogP contribution in [0, 0.1) is 10.8 Å². The predicted octanol–water partition coefficient (Wildman–Crippen LogP) is 1.53. The van der Waals surface area contributed by atoms with Crippen molar-refractivity contribution in [2.45, 2.75) is 40.3 Å². The molecule has 0 aliphatic carbocycles. The summed E-state index contributed by atoms with van der Waals surface area (Å²) < 4.78 is 5.24. The predicted molar refractivity (Wildman–Crippen MR) is 51.1 cm³/mol. The summed E-state index contributed by atoms with van der Waals surface area (Å²) in [5.41, 5.74) is -0.273. The zero-order chi connectivity index (χ0) is 10.3. The van der Waals surface area contributed by atoms with Crippen molar-refractivity contribution in [1.82, 2.24) is 5.32 Å². The number of hydrogen-bond acceptors (Lipinski definition) is 2. The molecule has 3 nitrogen and oxygen atoms in total. The lowest BCUT2D eigenvalue weighted by molar-refractivity contribution is -0.150. The highest BCUT2D eigenvalue weighted by molar-refractivity contribution is 5.83. The van der Waals surface area contributed by atoms with Crippen molar-refractivity contribution in [2.24, 2.45) is 10.8 Å². The molecule has 13 heavy (non-hydrogen) atoms. The number of hydrogen-bond donors (Lipinski definition) is 1. The first-order valence-electron chi connectivity index (χ1n) is 4.63. The molecule has 0 spiro atoms. The van der Waals surface area contributed by atoms with Crippen LogP contribution in [0.2, 0.25) is 0 Å². The number of methoxy groups -OCH3 is 1. The quantitative estimate of drug-likeness (QED) is 0.672. The molecule has 0 saturated carbocycles. The highest BCUT2D eigenvalue weighted by Gasteiger charge is 2.45. The standard InChI is InChI=1S/C10H19NO2/c1-9(2)6-10(3,4)8(13-5)11-7(9)12/h8H,6H2,1-5H3,(H,11,12). The second kappa shape index (κ2) is 2.98. The molecular weight excluding hydrogens is 166 g/mol. The number of carbonyl (C=O) groups is 1. The monoisotopic (exact) mass is 185 g/mol. The third-order valence-corrected chi connectivity index (χ3v) is 2.72. The van der Waals surface area contributed by atoms with Gasteiger partial charge < -0.3 is 10.1 Å². The van der Waals surface area contributed by atoms with Gasteiger partial charge in [0.1, 0.15) is 6.23 Å². The van der Waals surface area contributed by atoms with Gasteiger partial charge in [0.15, 0.2) is 0 Å². The molecule has 0 aromatic carbocycles. The summed E-state index contributed by atoms with van der Waals surface area (Å²) in [6.07, 6.45) is 0.692. The van der Waals surface area contributed by atoms with Gasteiger partial charge in [-0.3, -0.25) is 4.79 Å². The zero-order valence-corrected chi connectivity index (χ0v) is 9.10. The van der Waals surface area contributed by atoms with Gasteiger partial charge in [-0.1, -0.05) is 27.7 Å². The Hall–Kier alpha value is -0.570. The van der Waals surface area contributed by atoms with Crippen LogP contribution < -0.4 is 5.32 Å². The number of ether oxygens (including phenoxy) is 1. The van der Waals surface area contributed by atoms with Crippen LogP contribution in [-0.2, 0) is 9.53 Å². The molecule has 76 valence electrons. The smallest absolute Gasteiger partial charge is 0.227 e. The zero-order valence-electron chi connectivity index (χ0n) is 9.10. The second-order valence-corrected chi connectivity index (χ2v) is 5.14.